The Balaban J connectivity index is 2.92. The Morgan fingerprint density at radius 1 is 1.25 bits per heavy atom. The van der Waals surface area contributed by atoms with Gasteiger partial charge in [0.2, 0.25) is 0 Å². The molecule has 0 spiro atoms. The Hall–Kier alpha value is -0.0200. The van der Waals surface area contributed by atoms with Crippen LogP contribution in [0.1, 0.15) is 26.3 Å². The van der Waals surface area contributed by atoms with E-state index in [2.05, 4.69) is 82.8 Å². The molecular formula is C13H19Br2N. The third-order valence-electron chi connectivity index (χ3n) is 3.16. The summed E-state index contributed by atoms with van der Waals surface area (Å²) < 4.78 is 1.17. The molecule has 1 aromatic rings. The molecule has 1 unspecified atom stereocenters. The van der Waals surface area contributed by atoms with Gasteiger partial charge >= 0.3 is 0 Å². The molecule has 0 radical (unpaired) electrons. The standard InChI is InChI=1S/C13H19Br2N/c1-9(2)10(3)16(4)12-6-5-11(8-14)13(15)7-12/h5-7,9-10H,8H2,1-4H3. The van der Waals surface area contributed by atoms with Gasteiger partial charge in [-0.25, -0.2) is 0 Å². The van der Waals surface area contributed by atoms with E-state index in [1.54, 1.807) is 0 Å². The number of nitrogens with zero attached hydrogens (tertiary/aromatic N) is 1. The molecule has 0 aromatic heterocycles. The van der Waals surface area contributed by atoms with Crippen molar-refractivity contribution >= 4 is 37.5 Å². The highest BCUT2D eigenvalue weighted by Crippen LogP contribution is 2.27. The molecule has 1 atom stereocenters. The Labute approximate surface area is 115 Å². The zero-order valence-electron chi connectivity index (χ0n) is 10.3. The number of anilines is 1. The second-order valence-electron chi connectivity index (χ2n) is 4.50. The molecule has 0 saturated heterocycles. The van der Waals surface area contributed by atoms with Crippen LogP contribution in [0.15, 0.2) is 22.7 Å². The maximum absolute atomic E-state index is 3.61. The van der Waals surface area contributed by atoms with Crippen molar-refractivity contribution in [2.75, 3.05) is 11.9 Å². The van der Waals surface area contributed by atoms with Crippen molar-refractivity contribution in [3.8, 4) is 0 Å². The number of halogens is 2. The van der Waals surface area contributed by atoms with Crippen molar-refractivity contribution in [3.05, 3.63) is 28.2 Å². The molecule has 0 heterocycles. The van der Waals surface area contributed by atoms with Crippen molar-refractivity contribution < 1.29 is 0 Å². The molecule has 0 bridgehead atoms. The minimum Gasteiger partial charge on any atom is -0.372 e. The average Bonchev–Trinajstić information content (AvgIpc) is 2.26. The SMILES string of the molecule is CC(C)C(C)N(C)c1ccc(CBr)c(Br)c1. The van der Waals surface area contributed by atoms with E-state index in [0.717, 1.165) is 5.33 Å². The summed E-state index contributed by atoms with van der Waals surface area (Å²) in [4.78, 5) is 2.33. The number of alkyl halides is 1. The predicted octanol–water partition coefficient (Wildman–Crippen LogP) is 4.82. The summed E-state index contributed by atoms with van der Waals surface area (Å²) in [5, 5.41) is 0.886. The van der Waals surface area contributed by atoms with Gasteiger partial charge < -0.3 is 4.90 Å². The highest BCUT2D eigenvalue weighted by Gasteiger charge is 2.14. The van der Waals surface area contributed by atoms with Gasteiger partial charge in [-0.3, -0.25) is 0 Å². The quantitative estimate of drug-likeness (QED) is 0.705. The number of benzene rings is 1. The van der Waals surface area contributed by atoms with Gasteiger partial charge in [0, 0.05) is 28.6 Å². The van der Waals surface area contributed by atoms with E-state index in [1.165, 1.54) is 15.7 Å². The Kier molecular flexibility index (Phi) is 5.32. The molecule has 0 saturated carbocycles. The number of hydrogen-bond donors (Lipinski definition) is 0. The molecule has 3 heteroatoms. The summed E-state index contributed by atoms with van der Waals surface area (Å²) >= 11 is 7.08. The van der Waals surface area contributed by atoms with Crippen molar-refractivity contribution in [2.45, 2.75) is 32.1 Å². The van der Waals surface area contributed by atoms with Crippen LogP contribution >= 0.6 is 31.9 Å². The van der Waals surface area contributed by atoms with Crippen molar-refractivity contribution in [2.24, 2.45) is 5.92 Å². The molecule has 0 aliphatic heterocycles. The normalized spacial score (nSPS) is 12.9. The zero-order valence-corrected chi connectivity index (χ0v) is 13.5. The van der Waals surface area contributed by atoms with Gasteiger partial charge in [-0.05, 0) is 30.5 Å². The van der Waals surface area contributed by atoms with Gasteiger partial charge in [0.05, 0.1) is 0 Å². The molecule has 0 fully saturated rings. The topological polar surface area (TPSA) is 3.24 Å². The molecule has 1 aromatic carbocycles. The summed E-state index contributed by atoms with van der Waals surface area (Å²) in [7, 11) is 2.15. The Bertz CT molecular complexity index is 350. The Morgan fingerprint density at radius 2 is 1.88 bits per heavy atom. The van der Waals surface area contributed by atoms with Crippen molar-refractivity contribution in [3.63, 3.8) is 0 Å². The van der Waals surface area contributed by atoms with E-state index in [9.17, 15) is 0 Å². The number of rotatable bonds is 4. The molecule has 0 amide bonds. The first-order valence-electron chi connectivity index (χ1n) is 5.54. The maximum atomic E-state index is 3.61. The maximum Gasteiger partial charge on any atom is 0.0377 e. The molecule has 0 aliphatic rings. The van der Waals surface area contributed by atoms with Gasteiger partial charge in [-0.2, -0.15) is 0 Å². The minimum absolute atomic E-state index is 0.543. The van der Waals surface area contributed by atoms with E-state index >= 15 is 0 Å². The van der Waals surface area contributed by atoms with E-state index in [4.69, 9.17) is 0 Å². The fraction of sp³-hybridized carbons (Fsp3) is 0.538. The summed E-state index contributed by atoms with van der Waals surface area (Å²) in [5.41, 5.74) is 2.55. The van der Waals surface area contributed by atoms with E-state index in [-0.39, 0.29) is 0 Å². The van der Waals surface area contributed by atoms with Crippen LogP contribution in [0.2, 0.25) is 0 Å². The lowest BCUT2D eigenvalue weighted by Gasteiger charge is -2.30. The average molecular weight is 349 g/mol. The first-order chi connectivity index (χ1) is 7.47. The van der Waals surface area contributed by atoms with Gasteiger partial charge in [0.1, 0.15) is 0 Å². The van der Waals surface area contributed by atoms with E-state index in [0.29, 0.717) is 12.0 Å². The van der Waals surface area contributed by atoms with Crippen LogP contribution in [0.4, 0.5) is 5.69 Å². The van der Waals surface area contributed by atoms with Gasteiger partial charge in [-0.15, -0.1) is 0 Å². The summed E-state index contributed by atoms with van der Waals surface area (Å²) in [5.74, 6) is 0.652. The highest BCUT2D eigenvalue weighted by atomic mass is 79.9. The lowest BCUT2D eigenvalue weighted by atomic mass is 10.0. The molecule has 90 valence electrons. The fourth-order valence-electron chi connectivity index (χ4n) is 1.55. The summed E-state index contributed by atoms with van der Waals surface area (Å²) in [6.07, 6.45) is 0. The first-order valence-corrected chi connectivity index (χ1v) is 7.46. The summed E-state index contributed by atoms with van der Waals surface area (Å²) in [6, 6.07) is 7.08. The highest BCUT2D eigenvalue weighted by molar-refractivity contribution is 9.10. The van der Waals surface area contributed by atoms with Gasteiger partial charge in [-0.1, -0.05) is 51.8 Å². The van der Waals surface area contributed by atoms with Crippen LogP contribution in [0.5, 0.6) is 0 Å². The summed E-state index contributed by atoms with van der Waals surface area (Å²) in [6.45, 7) is 6.77. The lowest BCUT2D eigenvalue weighted by molar-refractivity contribution is 0.505. The van der Waals surface area contributed by atoms with Crippen LogP contribution in [0, 0.1) is 5.92 Å². The minimum atomic E-state index is 0.543. The van der Waals surface area contributed by atoms with Crippen molar-refractivity contribution in [1.82, 2.24) is 0 Å². The van der Waals surface area contributed by atoms with Crippen LogP contribution in [0.3, 0.4) is 0 Å². The van der Waals surface area contributed by atoms with Crippen LogP contribution < -0.4 is 4.90 Å². The molecule has 0 N–H and O–H groups in total. The van der Waals surface area contributed by atoms with Crippen molar-refractivity contribution in [1.29, 1.82) is 0 Å². The van der Waals surface area contributed by atoms with Crippen LogP contribution in [-0.2, 0) is 5.33 Å². The molecule has 0 aliphatic carbocycles. The first kappa shape index (κ1) is 14.0. The third kappa shape index (κ3) is 3.24. The molecular weight excluding hydrogens is 330 g/mol. The lowest BCUT2D eigenvalue weighted by Crippen LogP contribution is -2.33. The molecule has 16 heavy (non-hydrogen) atoms. The predicted molar refractivity (Wildman–Crippen MR) is 79.5 cm³/mol. The second kappa shape index (κ2) is 6.06. The second-order valence-corrected chi connectivity index (χ2v) is 5.92. The Morgan fingerprint density at radius 3 is 2.31 bits per heavy atom. The zero-order chi connectivity index (χ0) is 12.3. The van der Waals surface area contributed by atoms with Gasteiger partial charge in [0.25, 0.3) is 0 Å². The molecule has 1 nitrogen and oxygen atoms in total. The van der Waals surface area contributed by atoms with E-state index < -0.39 is 0 Å². The van der Waals surface area contributed by atoms with Gasteiger partial charge in [0.15, 0.2) is 0 Å². The van der Waals surface area contributed by atoms with Crippen LogP contribution in [0.25, 0.3) is 0 Å². The van der Waals surface area contributed by atoms with E-state index in [1.807, 2.05) is 0 Å². The van der Waals surface area contributed by atoms with Crippen LogP contribution in [-0.4, -0.2) is 13.1 Å². The monoisotopic (exact) mass is 347 g/mol. The fourth-order valence-corrected chi connectivity index (χ4v) is 2.92. The largest absolute Gasteiger partial charge is 0.372 e. The number of hydrogen-bond acceptors (Lipinski definition) is 1. The third-order valence-corrected chi connectivity index (χ3v) is 4.51. The smallest absolute Gasteiger partial charge is 0.0377 e. The molecule has 1 rings (SSSR count).